The van der Waals surface area contributed by atoms with Crippen LogP contribution in [0.2, 0.25) is 0 Å². The number of aromatic nitrogens is 2. The van der Waals surface area contributed by atoms with Crippen LogP contribution in [0.1, 0.15) is 90.2 Å². The molecule has 1 saturated heterocycles. The zero-order chi connectivity index (χ0) is 55.0. The topological polar surface area (TPSA) is 195 Å². The van der Waals surface area contributed by atoms with E-state index in [-0.39, 0.29) is 56.9 Å². The van der Waals surface area contributed by atoms with E-state index >= 15 is 19.2 Å². The van der Waals surface area contributed by atoms with Crippen LogP contribution in [-0.2, 0) is 58.4 Å². The van der Waals surface area contributed by atoms with Crippen LogP contribution in [0.5, 0.6) is 0 Å². The molecule has 404 valence electrons. The molecule has 5 heterocycles. The number of nitrogens with zero attached hydrogens (tertiary/aromatic N) is 5. The number of para-hydroxylation sites is 1. The first-order chi connectivity index (χ1) is 36.2. The highest BCUT2D eigenvalue weighted by molar-refractivity contribution is 7.18. The van der Waals surface area contributed by atoms with Crippen molar-refractivity contribution in [3.05, 3.63) is 126 Å². The van der Waals surface area contributed by atoms with Gasteiger partial charge in [0.15, 0.2) is 0 Å². The van der Waals surface area contributed by atoms with Crippen molar-refractivity contribution in [2.75, 3.05) is 20.6 Å². The fourth-order valence-electron chi connectivity index (χ4n) is 10.2. The highest BCUT2D eigenvalue weighted by Gasteiger charge is 2.41. The largest absolute Gasteiger partial charge is 0.343 e. The lowest BCUT2D eigenvalue weighted by Crippen LogP contribution is -2.61. The Morgan fingerprint density at radius 3 is 2.03 bits per heavy atom. The summed E-state index contributed by atoms with van der Waals surface area (Å²) in [5.74, 6) is -4.26. The molecule has 5 aromatic rings. The van der Waals surface area contributed by atoms with E-state index in [1.807, 2.05) is 139 Å². The van der Waals surface area contributed by atoms with Gasteiger partial charge in [-0.25, -0.2) is 4.98 Å². The molecule has 2 aliphatic rings. The molecule has 7 rings (SSSR count). The molecule has 2 aliphatic heterocycles. The normalized spacial score (nSPS) is 23.7. The maximum atomic E-state index is 15.6. The summed E-state index contributed by atoms with van der Waals surface area (Å²) in [5, 5.41) is 13.7. The Labute approximate surface area is 450 Å². The molecule has 76 heavy (non-hydrogen) atoms. The van der Waals surface area contributed by atoms with Gasteiger partial charge in [-0.15, -0.1) is 17.9 Å². The molecule has 7 atom stereocenters. The Balaban J connectivity index is 1.37. The minimum Gasteiger partial charge on any atom is -0.343 e. The molecular formula is C59H75N9O7S. The number of rotatable bonds is 12. The molecule has 1 fully saturated rings. The van der Waals surface area contributed by atoms with Crippen molar-refractivity contribution < 1.29 is 33.6 Å². The molecule has 3 aromatic heterocycles. The second kappa shape index (κ2) is 24.7. The van der Waals surface area contributed by atoms with E-state index in [1.54, 1.807) is 6.20 Å². The number of hydrogen-bond donors (Lipinski definition) is 4. The first kappa shape index (κ1) is 56.6. The predicted octanol–water partition coefficient (Wildman–Crippen LogP) is 6.47. The fourth-order valence-corrected chi connectivity index (χ4v) is 11.3. The minimum atomic E-state index is -1.28. The predicted molar refractivity (Wildman–Crippen MR) is 298 cm³/mol. The number of fused-ring (bicyclic) bond motifs is 4. The van der Waals surface area contributed by atoms with Gasteiger partial charge in [0.1, 0.15) is 47.1 Å². The van der Waals surface area contributed by atoms with Gasteiger partial charge >= 0.3 is 0 Å². The third-order valence-electron chi connectivity index (χ3n) is 14.6. The van der Waals surface area contributed by atoms with Gasteiger partial charge in [0.2, 0.25) is 41.4 Å². The number of likely N-dealkylation sites (N-methyl/N-ethyl adjacent to an activating group) is 2. The number of benzene rings is 2. The molecular weight excluding hydrogens is 979 g/mol. The third-order valence-corrected chi connectivity index (χ3v) is 15.7. The molecule has 2 bridgehead atoms. The molecule has 17 heteroatoms. The summed E-state index contributed by atoms with van der Waals surface area (Å²) in [6.45, 7) is 17.6. The number of pyridine rings is 1. The van der Waals surface area contributed by atoms with Crippen molar-refractivity contribution in [2.24, 2.45) is 11.8 Å². The average molecular weight is 1050 g/mol. The molecule has 0 radical (unpaired) electrons. The summed E-state index contributed by atoms with van der Waals surface area (Å²) >= 11 is 1.38. The van der Waals surface area contributed by atoms with Gasteiger partial charge in [-0.3, -0.25) is 33.6 Å². The van der Waals surface area contributed by atoms with Gasteiger partial charge < -0.3 is 40.5 Å². The number of allylic oxidation sites excluding steroid dienone is 1. The second-order valence-corrected chi connectivity index (χ2v) is 22.9. The van der Waals surface area contributed by atoms with Gasteiger partial charge in [0.05, 0.1) is 5.54 Å². The Hall–Kier alpha value is -7.14. The van der Waals surface area contributed by atoms with E-state index in [2.05, 4.69) is 37.4 Å². The number of carbonyl (C=O) groups excluding carboxylic acids is 7. The summed E-state index contributed by atoms with van der Waals surface area (Å²) < 4.78 is 2.08. The lowest BCUT2D eigenvalue weighted by Gasteiger charge is -2.38. The number of thiophene rings is 1. The lowest BCUT2D eigenvalue weighted by molar-refractivity contribution is -0.150. The van der Waals surface area contributed by atoms with Crippen LogP contribution in [0.15, 0.2) is 110 Å². The monoisotopic (exact) mass is 1050 g/mol. The first-order valence-corrected chi connectivity index (χ1v) is 27.3. The lowest BCUT2D eigenvalue weighted by atomic mass is 9.97. The van der Waals surface area contributed by atoms with Crippen molar-refractivity contribution in [3.8, 4) is 0 Å². The van der Waals surface area contributed by atoms with Gasteiger partial charge in [-0.2, -0.15) is 0 Å². The van der Waals surface area contributed by atoms with Crippen LogP contribution in [0, 0.1) is 11.8 Å². The van der Waals surface area contributed by atoms with Gasteiger partial charge in [0, 0.05) is 73.5 Å². The molecule has 7 amide bonds. The van der Waals surface area contributed by atoms with E-state index in [0.29, 0.717) is 6.42 Å². The van der Waals surface area contributed by atoms with E-state index in [4.69, 9.17) is 0 Å². The fraction of sp³-hybridized carbons (Fsp3) is 0.458. The zero-order valence-electron chi connectivity index (χ0n) is 45.4. The molecule has 4 N–H and O–H groups in total. The van der Waals surface area contributed by atoms with Crippen LogP contribution in [0.4, 0.5) is 0 Å². The van der Waals surface area contributed by atoms with Crippen LogP contribution < -0.4 is 21.3 Å². The standard InChI is InChI=1S/C59H75N9O7S/c1-11-59(7,8)68-35-41(43-24-17-18-25-47(43)68)33-46-57(74)66(10)49(29-36(2)3)53(71)63-45(34-42-32-40-23-20-27-60-55(40)76-42)51(69)61-38(6)56(73)65(9)48-26-16-13-19-28-67(58(48)75)50(30-37(4)5)54(72)62-44(52(70)64-46)31-39-21-14-12-15-22-39/h11-18,20-25,27,32,35-38,44-46,48-50H,1,19,26,28-31,33-34H2,2-10H3,(H,61,69)(H,62,72)(H,63,71)(H,64,70)/b16-13-/t38-,44-,45-,46-,48-,49-,50-/m0/s1. The molecule has 0 saturated carbocycles. The van der Waals surface area contributed by atoms with Crippen molar-refractivity contribution in [1.82, 2.24) is 45.5 Å². The Bertz CT molecular complexity index is 2930. The molecule has 16 nitrogen and oxygen atoms in total. The second-order valence-electron chi connectivity index (χ2n) is 21.8. The van der Waals surface area contributed by atoms with Gasteiger partial charge in [0.25, 0.3) is 0 Å². The SMILES string of the molecule is C=CC(C)(C)n1cc(C[C@@H]2NC(=O)[C@H](Cc3ccccc3)NC(=O)[C@H](CC(C)C)N3CC/C=C\C[C@@H](C3=O)N(C)C(=O)[C@H](C)NC(=O)[C@H](Cc3cc4cccnc4s3)NC(=O)[C@H](CC(C)C)N(C)C2=O)c2ccccc21. The summed E-state index contributed by atoms with van der Waals surface area (Å²) in [4.78, 5) is 115. The maximum Gasteiger partial charge on any atom is 0.246 e. The average Bonchev–Trinajstić information content (AvgIpc) is 3.99. The summed E-state index contributed by atoms with van der Waals surface area (Å²) in [7, 11) is 3.04. The molecule has 2 aromatic carbocycles. The number of nitrogens with one attached hydrogen (secondary N) is 4. The van der Waals surface area contributed by atoms with E-state index < -0.39 is 89.2 Å². The Morgan fingerprint density at radius 2 is 1.34 bits per heavy atom. The minimum absolute atomic E-state index is 0.00469. The van der Waals surface area contributed by atoms with Crippen LogP contribution in [-0.4, -0.2) is 129 Å². The Morgan fingerprint density at radius 1 is 0.711 bits per heavy atom. The number of amides is 7. The molecule has 0 spiro atoms. The molecule has 0 aliphatic carbocycles. The van der Waals surface area contributed by atoms with Crippen molar-refractivity contribution in [3.63, 3.8) is 0 Å². The smallest absolute Gasteiger partial charge is 0.246 e. The summed E-state index contributed by atoms with van der Waals surface area (Å²) in [5.41, 5.74) is 1.83. The highest BCUT2D eigenvalue weighted by atomic mass is 32.1. The quantitative estimate of drug-likeness (QED) is 0.102. The number of carbonyl (C=O) groups is 7. The van der Waals surface area contributed by atoms with Crippen LogP contribution in [0.25, 0.3) is 21.1 Å². The van der Waals surface area contributed by atoms with Gasteiger partial charge in [-0.1, -0.05) is 101 Å². The van der Waals surface area contributed by atoms with Crippen LogP contribution in [0.3, 0.4) is 0 Å². The maximum absolute atomic E-state index is 15.6. The first-order valence-electron chi connectivity index (χ1n) is 26.5. The summed E-state index contributed by atoms with van der Waals surface area (Å²) in [6.07, 6.45) is 10.3. The zero-order valence-corrected chi connectivity index (χ0v) is 46.2. The van der Waals surface area contributed by atoms with Crippen molar-refractivity contribution in [1.29, 1.82) is 0 Å². The van der Waals surface area contributed by atoms with Crippen molar-refractivity contribution >= 4 is 73.8 Å². The van der Waals surface area contributed by atoms with E-state index in [0.717, 1.165) is 37.1 Å². The van der Waals surface area contributed by atoms with Crippen LogP contribution >= 0.6 is 11.3 Å². The number of hydrogen-bond acceptors (Lipinski definition) is 9. The van der Waals surface area contributed by atoms with Gasteiger partial charge in [-0.05, 0) is 87.6 Å². The Kier molecular flexibility index (Phi) is 18.4. The molecule has 0 unspecified atom stereocenters. The highest BCUT2D eigenvalue weighted by Crippen LogP contribution is 2.31. The third kappa shape index (κ3) is 13.3. The summed E-state index contributed by atoms with van der Waals surface area (Å²) in [6, 6.07) is 14.5. The van der Waals surface area contributed by atoms with E-state index in [9.17, 15) is 14.4 Å². The van der Waals surface area contributed by atoms with E-state index in [1.165, 1.54) is 47.1 Å². The van der Waals surface area contributed by atoms with Crippen molar-refractivity contribution in [2.45, 2.75) is 141 Å².